The van der Waals surface area contributed by atoms with Gasteiger partial charge in [0.2, 0.25) is 5.76 Å². The molecule has 0 unspecified atom stereocenters. The van der Waals surface area contributed by atoms with E-state index in [0.29, 0.717) is 0 Å². The number of nitrogens with zero attached hydrogens (tertiary/aromatic N) is 1. The number of carbonyl (C=O) groups is 1. The molecule has 1 rings (SSSR count). The topological polar surface area (TPSA) is 75.4 Å². The zero-order valence-electron chi connectivity index (χ0n) is 5.29. The summed E-state index contributed by atoms with van der Waals surface area (Å²) < 4.78 is 4.40. The largest absolute Gasteiger partial charge is 0.491 e. The van der Waals surface area contributed by atoms with Crippen LogP contribution >= 0.6 is 0 Å². The average Bonchev–Trinajstić information content (AvgIpc) is 2.34. The molecule has 1 aromatic heterocycles. The molecule has 2 N–H and O–H groups in total. The van der Waals surface area contributed by atoms with Gasteiger partial charge in [0, 0.05) is 7.05 Å². The molecule has 54 valence electrons. The van der Waals surface area contributed by atoms with Crippen molar-refractivity contribution in [2.75, 3.05) is 7.05 Å². The van der Waals surface area contributed by atoms with Crippen molar-refractivity contribution in [3.63, 3.8) is 0 Å². The number of carbonyl (C=O) groups excluding carboxylic acids is 1. The number of rotatable bonds is 1. The third kappa shape index (κ3) is 1.07. The summed E-state index contributed by atoms with van der Waals surface area (Å²) in [6.45, 7) is 0. The Kier molecular flexibility index (Phi) is 1.57. The molecule has 1 amide bonds. The van der Waals surface area contributed by atoms with Gasteiger partial charge >= 0.3 is 0 Å². The maximum atomic E-state index is 10.7. The van der Waals surface area contributed by atoms with Crippen molar-refractivity contribution in [3.8, 4) is 5.88 Å². The summed E-state index contributed by atoms with van der Waals surface area (Å²) in [5.41, 5.74) is 0. The second-order valence-electron chi connectivity index (χ2n) is 1.63. The molecule has 0 aromatic carbocycles. The monoisotopic (exact) mass is 142 g/mol. The first-order valence-corrected chi connectivity index (χ1v) is 2.62. The van der Waals surface area contributed by atoms with Gasteiger partial charge in [0.1, 0.15) is 0 Å². The molecule has 0 saturated carbocycles. The summed E-state index contributed by atoms with van der Waals surface area (Å²) in [6.07, 6.45) is 0. The maximum Gasteiger partial charge on any atom is 0.289 e. The third-order valence-electron chi connectivity index (χ3n) is 0.949. The van der Waals surface area contributed by atoms with Gasteiger partial charge in [0.25, 0.3) is 11.8 Å². The lowest BCUT2D eigenvalue weighted by atomic mass is 10.4. The number of amides is 1. The SMILES string of the molecule is CNC(=O)c1cc(O)no1. The first-order chi connectivity index (χ1) is 4.74. The van der Waals surface area contributed by atoms with Gasteiger partial charge < -0.3 is 14.9 Å². The van der Waals surface area contributed by atoms with Crippen molar-refractivity contribution in [1.82, 2.24) is 10.5 Å². The first kappa shape index (κ1) is 6.60. The standard InChI is InChI=1S/C5H6N2O3/c1-6-5(9)3-2-4(8)7-10-3/h2H,1H3,(H,6,9)(H,7,8). The molecule has 1 aromatic rings. The number of aromatic nitrogens is 1. The lowest BCUT2D eigenvalue weighted by molar-refractivity contribution is 0.0926. The van der Waals surface area contributed by atoms with E-state index >= 15 is 0 Å². The number of nitrogens with one attached hydrogen (secondary N) is 1. The van der Waals surface area contributed by atoms with E-state index in [1.807, 2.05) is 0 Å². The van der Waals surface area contributed by atoms with Crippen LogP contribution in [0, 0.1) is 0 Å². The second kappa shape index (κ2) is 2.38. The molecule has 0 saturated heterocycles. The van der Waals surface area contributed by atoms with E-state index in [0.717, 1.165) is 6.07 Å². The average molecular weight is 142 g/mol. The molecule has 0 radical (unpaired) electrons. The highest BCUT2D eigenvalue weighted by molar-refractivity contribution is 5.91. The van der Waals surface area contributed by atoms with E-state index in [1.54, 1.807) is 0 Å². The van der Waals surface area contributed by atoms with Gasteiger partial charge in [-0.3, -0.25) is 4.79 Å². The predicted octanol–water partition coefficient (Wildman–Crippen LogP) is -0.260. The quantitative estimate of drug-likeness (QED) is 0.566. The Morgan fingerprint density at radius 2 is 2.60 bits per heavy atom. The Balaban J connectivity index is 2.85. The van der Waals surface area contributed by atoms with Crippen molar-refractivity contribution >= 4 is 5.91 Å². The molecule has 0 aliphatic rings. The van der Waals surface area contributed by atoms with Gasteiger partial charge in [-0.15, -0.1) is 0 Å². The van der Waals surface area contributed by atoms with E-state index in [1.165, 1.54) is 7.05 Å². The number of aromatic hydroxyl groups is 1. The van der Waals surface area contributed by atoms with Crippen LogP contribution in [0.3, 0.4) is 0 Å². The number of hydrogen-bond donors (Lipinski definition) is 2. The molecule has 0 aliphatic carbocycles. The van der Waals surface area contributed by atoms with Crippen LogP contribution in [0.4, 0.5) is 0 Å². The Labute approximate surface area is 56.6 Å². The van der Waals surface area contributed by atoms with Crippen molar-refractivity contribution in [3.05, 3.63) is 11.8 Å². The van der Waals surface area contributed by atoms with E-state index in [9.17, 15) is 4.79 Å². The highest BCUT2D eigenvalue weighted by Crippen LogP contribution is 2.07. The minimum atomic E-state index is -0.409. The van der Waals surface area contributed by atoms with Crippen molar-refractivity contribution in [2.24, 2.45) is 0 Å². The van der Waals surface area contributed by atoms with Crippen LogP contribution in [-0.2, 0) is 0 Å². The minimum absolute atomic E-state index is 0.000000000000000222. The van der Waals surface area contributed by atoms with E-state index in [2.05, 4.69) is 15.0 Å². The zero-order chi connectivity index (χ0) is 7.56. The highest BCUT2D eigenvalue weighted by atomic mass is 16.5. The molecule has 0 aliphatic heterocycles. The van der Waals surface area contributed by atoms with Crippen molar-refractivity contribution in [2.45, 2.75) is 0 Å². The van der Waals surface area contributed by atoms with Gasteiger partial charge in [-0.2, -0.15) is 0 Å². The lowest BCUT2D eigenvalue weighted by Gasteiger charge is -1.88. The summed E-state index contributed by atoms with van der Waals surface area (Å²) in [5.74, 6) is -0.702. The van der Waals surface area contributed by atoms with Crippen LogP contribution in [0.5, 0.6) is 5.88 Å². The van der Waals surface area contributed by atoms with Crippen LogP contribution in [0.25, 0.3) is 0 Å². The summed E-state index contributed by atoms with van der Waals surface area (Å²) >= 11 is 0. The van der Waals surface area contributed by atoms with Crippen LogP contribution in [-0.4, -0.2) is 23.2 Å². The molecule has 0 bridgehead atoms. The molecule has 10 heavy (non-hydrogen) atoms. The lowest BCUT2D eigenvalue weighted by Crippen LogP contribution is -2.16. The Hall–Kier alpha value is -1.52. The molecule has 0 fully saturated rings. The van der Waals surface area contributed by atoms with Gasteiger partial charge in [0.15, 0.2) is 0 Å². The van der Waals surface area contributed by atoms with Crippen molar-refractivity contribution in [1.29, 1.82) is 0 Å². The third-order valence-corrected chi connectivity index (χ3v) is 0.949. The number of hydrogen-bond acceptors (Lipinski definition) is 4. The van der Waals surface area contributed by atoms with Crippen LogP contribution < -0.4 is 5.32 Å². The summed E-state index contributed by atoms with van der Waals surface area (Å²) in [4.78, 5) is 10.7. The molecular weight excluding hydrogens is 136 g/mol. The fourth-order valence-corrected chi connectivity index (χ4v) is 0.496. The second-order valence-corrected chi connectivity index (χ2v) is 1.63. The zero-order valence-corrected chi connectivity index (χ0v) is 5.29. The first-order valence-electron chi connectivity index (χ1n) is 2.62. The van der Waals surface area contributed by atoms with Gasteiger partial charge in [-0.1, -0.05) is 0 Å². The normalized spacial score (nSPS) is 9.30. The van der Waals surface area contributed by atoms with Gasteiger partial charge in [0.05, 0.1) is 6.07 Å². The summed E-state index contributed by atoms with van der Waals surface area (Å²) in [5, 5.41) is 14.0. The van der Waals surface area contributed by atoms with Crippen LogP contribution in [0.15, 0.2) is 10.6 Å². The predicted molar refractivity (Wildman–Crippen MR) is 31.6 cm³/mol. The fourth-order valence-electron chi connectivity index (χ4n) is 0.496. The van der Waals surface area contributed by atoms with E-state index in [-0.39, 0.29) is 11.6 Å². The molecular formula is C5H6N2O3. The maximum absolute atomic E-state index is 10.7. The van der Waals surface area contributed by atoms with Gasteiger partial charge in [-0.05, 0) is 5.16 Å². The minimum Gasteiger partial charge on any atom is -0.491 e. The molecule has 5 heteroatoms. The smallest absolute Gasteiger partial charge is 0.289 e. The molecule has 5 nitrogen and oxygen atoms in total. The highest BCUT2D eigenvalue weighted by Gasteiger charge is 2.09. The Morgan fingerprint density at radius 1 is 1.90 bits per heavy atom. The summed E-state index contributed by atoms with van der Waals surface area (Å²) in [7, 11) is 1.46. The summed E-state index contributed by atoms with van der Waals surface area (Å²) in [6, 6.07) is 1.14. The molecule has 0 atom stereocenters. The molecule has 0 spiro atoms. The van der Waals surface area contributed by atoms with E-state index in [4.69, 9.17) is 5.11 Å². The Bertz CT molecular complexity index is 243. The van der Waals surface area contributed by atoms with Gasteiger partial charge in [-0.25, -0.2) is 0 Å². The van der Waals surface area contributed by atoms with E-state index < -0.39 is 5.91 Å². The fraction of sp³-hybridized carbons (Fsp3) is 0.200. The van der Waals surface area contributed by atoms with Crippen LogP contribution in [0.2, 0.25) is 0 Å². The molecule has 1 heterocycles. The van der Waals surface area contributed by atoms with Crippen molar-refractivity contribution < 1.29 is 14.4 Å². The Morgan fingerprint density at radius 3 is 3.00 bits per heavy atom. The van der Waals surface area contributed by atoms with Crippen LogP contribution in [0.1, 0.15) is 10.6 Å².